The third-order valence-corrected chi connectivity index (χ3v) is 5.92. The van der Waals surface area contributed by atoms with E-state index in [0.29, 0.717) is 11.9 Å². The average molecular weight is 374 g/mol. The topological polar surface area (TPSA) is 62.0 Å². The van der Waals surface area contributed by atoms with E-state index in [1.165, 1.54) is 12.1 Å². The van der Waals surface area contributed by atoms with Crippen molar-refractivity contribution in [2.24, 2.45) is 0 Å². The smallest absolute Gasteiger partial charge is 0.240 e. The lowest BCUT2D eigenvalue weighted by molar-refractivity contribution is 0.578. The summed E-state index contributed by atoms with van der Waals surface area (Å²) in [5.41, 5.74) is 2.72. The van der Waals surface area contributed by atoms with E-state index in [0.717, 1.165) is 16.5 Å². The summed E-state index contributed by atoms with van der Waals surface area (Å²) in [6.45, 7) is 6.53. The van der Waals surface area contributed by atoms with Crippen molar-refractivity contribution in [3.8, 4) is 0 Å². The van der Waals surface area contributed by atoms with Crippen LogP contribution in [0.25, 0.3) is 10.9 Å². The molecule has 2 aromatic carbocycles. The van der Waals surface area contributed by atoms with Gasteiger partial charge in [0.05, 0.1) is 4.90 Å². The van der Waals surface area contributed by atoms with Crippen LogP contribution in [0.5, 0.6) is 0 Å². The Labute approximate surface area is 153 Å². The van der Waals surface area contributed by atoms with Gasteiger partial charge in [-0.1, -0.05) is 32.9 Å². The van der Waals surface area contributed by atoms with Crippen molar-refractivity contribution in [2.75, 3.05) is 6.54 Å². The first-order valence-corrected chi connectivity index (χ1v) is 10.0. The van der Waals surface area contributed by atoms with Crippen molar-refractivity contribution in [3.05, 3.63) is 65.6 Å². The molecule has 1 heterocycles. The van der Waals surface area contributed by atoms with Crippen LogP contribution in [0.15, 0.2) is 53.6 Å². The highest BCUT2D eigenvalue weighted by atomic mass is 32.2. The van der Waals surface area contributed by atoms with E-state index in [4.69, 9.17) is 0 Å². The molecule has 26 heavy (non-hydrogen) atoms. The number of rotatable bonds is 5. The van der Waals surface area contributed by atoms with Crippen LogP contribution in [0.1, 0.15) is 31.9 Å². The number of fused-ring (bicyclic) bond motifs is 1. The van der Waals surface area contributed by atoms with Gasteiger partial charge in [0.15, 0.2) is 0 Å². The molecule has 0 fully saturated rings. The zero-order valence-corrected chi connectivity index (χ0v) is 16.0. The molecule has 3 rings (SSSR count). The van der Waals surface area contributed by atoms with Gasteiger partial charge in [-0.25, -0.2) is 17.5 Å². The summed E-state index contributed by atoms with van der Waals surface area (Å²) in [4.78, 5) is 3.27. The van der Waals surface area contributed by atoms with E-state index in [1.807, 2.05) is 12.1 Å². The largest absolute Gasteiger partial charge is 0.361 e. The zero-order chi connectivity index (χ0) is 18.9. The first-order valence-electron chi connectivity index (χ1n) is 8.52. The molecule has 0 saturated heterocycles. The molecule has 0 aliphatic carbocycles. The molecule has 0 saturated carbocycles. The zero-order valence-electron chi connectivity index (χ0n) is 15.1. The Hall–Kier alpha value is -2.18. The highest BCUT2D eigenvalue weighted by Crippen LogP contribution is 2.23. The molecule has 0 unspecified atom stereocenters. The van der Waals surface area contributed by atoms with Gasteiger partial charge in [-0.05, 0) is 53.3 Å². The van der Waals surface area contributed by atoms with Gasteiger partial charge in [0.1, 0.15) is 5.82 Å². The van der Waals surface area contributed by atoms with Gasteiger partial charge in [0, 0.05) is 23.6 Å². The van der Waals surface area contributed by atoms with Gasteiger partial charge in [-0.15, -0.1) is 0 Å². The van der Waals surface area contributed by atoms with Crippen LogP contribution in [0, 0.1) is 5.82 Å². The maximum atomic E-state index is 13.2. The van der Waals surface area contributed by atoms with Crippen LogP contribution in [0.4, 0.5) is 4.39 Å². The Bertz CT molecular complexity index is 1020. The number of halogens is 1. The van der Waals surface area contributed by atoms with E-state index in [9.17, 15) is 12.8 Å². The fourth-order valence-electron chi connectivity index (χ4n) is 2.90. The highest BCUT2D eigenvalue weighted by Gasteiger charge is 2.17. The Kier molecular flexibility index (Phi) is 4.90. The minimum Gasteiger partial charge on any atom is -0.361 e. The summed E-state index contributed by atoms with van der Waals surface area (Å²) >= 11 is 0. The molecule has 0 bridgehead atoms. The molecule has 0 aliphatic rings. The van der Waals surface area contributed by atoms with Crippen LogP contribution < -0.4 is 4.72 Å². The monoisotopic (exact) mass is 374 g/mol. The minimum atomic E-state index is -3.56. The van der Waals surface area contributed by atoms with Gasteiger partial charge in [-0.2, -0.15) is 0 Å². The molecule has 0 aliphatic heterocycles. The standard InChI is InChI=1S/C20H23FN2O2S/c1-20(2,3)15-4-7-17(8-5-15)26(24,25)23-11-10-14-13-22-19-12-16(21)6-9-18(14)19/h4-9,12-13,22-23H,10-11H2,1-3H3. The summed E-state index contributed by atoms with van der Waals surface area (Å²) in [5.74, 6) is -0.301. The lowest BCUT2D eigenvalue weighted by atomic mass is 9.87. The van der Waals surface area contributed by atoms with E-state index >= 15 is 0 Å². The molecule has 0 radical (unpaired) electrons. The predicted molar refractivity (Wildman–Crippen MR) is 102 cm³/mol. The van der Waals surface area contributed by atoms with Gasteiger partial charge in [0.25, 0.3) is 0 Å². The van der Waals surface area contributed by atoms with Crippen LogP contribution in [-0.2, 0) is 21.9 Å². The third kappa shape index (κ3) is 3.97. The van der Waals surface area contributed by atoms with Crippen molar-refractivity contribution in [1.82, 2.24) is 9.71 Å². The van der Waals surface area contributed by atoms with Gasteiger partial charge < -0.3 is 4.98 Å². The van der Waals surface area contributed by atoms with Crippen LogP contribution in [-0.4, -0.2) is 19.9 Å². The number of aromatic amines is 1. The van der Waals surface area contributed by atoms with Crippen molar-refractivity contribution in [3.63, 3.8) is 0 Å². The number of aromatic nitrogens is 1. The first kappa shape index (κ1) is 18.6. The Morgan fingerprint density at radius 1 is 1.08 bits per heavy atom. The normalized spacial score (nSPS) is 12.6. The van der Waals surface area contributed by atoms with Crippen LogP contribution >= 0.6 is 0 Å². The maximum absolute atomic E-state index is 13.2. The molecule has 1 aromatic heterocycles. The molecule has 3 aromatic rings. The summed E-state index contributed by atoms with van der Waals surface area (Å²) < 4.78 is 40.8. The Morgan fingerprint density at radius 3 is 2.42 bits per heavy atom. The fraction of sp³-hybridized carbons (Fsp3) is 0.300. The van der Waals surface area contributed by atoms with Gasteiger partial charge in [0.2, 0.25) is 10.0 Å². The molecule has 0 amide bonds. The summed E-state index contributed by atoms with van der Waals surface area (Å²) in [6, 6.07) is 11.5. The minimum absolute atomic E-state index is 0.0233. The van der Waals surface area contributed by atoms with Crippen molar-refractivity contribution >= 4 is 20.9 Å². The Morgan fingerprint density at radius 2 is 1.77 bits per heavy atom. The number of H-pyrrole nitrogens is 1. The second-order valence-electron chi connectivity index (χ2n) is 7.43. The molecule has 4 nitrogen and oxygen atoms in total. The molecular formula is C20H23FN2O2S. The van der Waals surface area contributed by atoms with E-state index in [1.54, 1.807) is 24.4 Å². The van der Waals surface area contributed by atoms with E-state index in [-0.39, 0.29) is 22.7 Å². The van der Waals surface area contributed by atoms with Crippen LogP contribution in [0.3, 0.4) is 0 Å². The second kappa shape index (κ2) is 6.85. The van der Waals surface area contributed by atoms with Crippen LogP contribution in [0.2, 0.25) is 0 Å². The number of sulfonamides is 1. The van der Waals surface area contributed by atoms with Crippen molar-refractivity contribution in [1.29, 1.82) is 0 Å². The summed E-state index contributed by atoms with van der Waals surface area (Å²) in [6.07, 6.45) is 2.31. The summed E-state index contributed by atoms with van der Waals surface area (Å²) in [7, 11) is -3.56. The van der Waals surface area contributed by atoms with Gasteiger partial charge >= 0.3 is 0 Å². The second-order valence-corrected chi connectivity index (χ2v) is 9.19. The van der Waals surface area contributed by atoms with E-state index in [2.05, 4.69) is 30.5 Å². The number of hydrogen-bond acceptors (Lipinski definition) is 2. The SMILES string of the molecule is CC(C)(C)c1ccc(S(=O)(=O)NCCc2c[nH]c3cc(F)ccc23)cc1. The highest BCUT2D eigenvalue weighted by molar-refractivity contribution is 7.89. The molecule has 138 valence electrons. The molecule has 0 atom stereocenters. The van der Waals surface area contributed by atoms with Crippen molar-refractivity contribution < 1.29 is 12.8 Å². The lowest BCUT2D eigenvalue weighted by Crippen LogP contribution is -2.26. The van der Waals surface area contributed by atoms with Gasteiger partial charge in [-0.3, -0.25) is 0 Å². The number of nitrogens with one attached hydrogen (secondary N) is 2. The lowest BCUT2D eigenvalue weighted by Gasteiger charge is -2.19. The quantitative estimate of drug-likeness (QED) is 0.705. The third-order valence-electron chi connectivity index (χ3n) is 4.45. The molecular weight excluding hydrogens is 351 g/mol. The van der Waals surface area contributed by atoms with Crippen molar-refractivity contribution in [2.45, 2.75) is 37.5 Å². The maximum Gasteiger partial charge on any atom is 0.240 e. The first-order chi connectivity index (χ1) is 12.2. The van der Waals surface area contributed by atoms with E-state index < -0.39 is 10.0 Å². The predicted octanol–water partition coefficient (Wildman–Crippen LogP) is 4.13. The fourth-order valence-corrected chi connectivity index (χ4v) is 3.93. The number of benzene rings is 2. The summed E-state index contributed by atoms with van der Waals surface area (Å²) in [5, 5.41) is 0.903. The molecule has 6 heteroatoms. The number of hydrogen-bond donors (Lipinski definition) is 2. The molecule has 0 spiro atoms. The average Bonchev–Trinajstić information content (AvgIpc) is 2.96. The molecule has 2 N–H and O–H groups in total. The Balaban J connectivity index is 1.68.